The van der Waals surface area contributed by atoms with Gasteiger partial charge >= 0.3 is 5.97 Å². The second-order valence-electron chi connectivity index (χ2n) is 12.4. The second-order valence-corrected chi connectivity index (χ2v) is 12.4. The van der Waals surface area contributed by atoms with Crippen LogP contribution >= 0.6 is 0 Å². The highest BCUT2D eigenvalue weighted by Gasteiger charge is 2.29. The minimum Gasteiger partial charge on any atom is -0.493 e. The molecule has 9 heteroatoms. The van der Waals surface area contributed by atoms with Crippen LogP contribution in [0.1, 0.15) is 53.6 Å². The summed E-state index contributed by atoms with van der Waals surface area (Å²) in [7, 11) is 2.01. The van der Waals surface area contributed by atoms with E-state index in [1.807, 2.05) is 42.9 Å². The van der Waals surface area contributed by atoms with Crippen molar-refractivity contribution in [2.24, 2.45) is 7.05 Å². The maximum atomic E-state index is 13.8. The summed E-state index contributed by atoms with van der Waals surface area (Å²) in [6.07, 6.45) is 3.23. The number of carbonyl (C=O) groups excluding carboxylic acids is 1. The molecule has 1 fully saturated rings. The lowest BCUT2D eigenvalue weighted by Gasteiger charge is -2.26. The number of ether oxygens (including phenoxy) is 4. The Morgan fingerprint density at radius 1 is 0.915 bits per heavy atom. The molecule has 0 radical (unpaired) electrons. The number of carbonyl (C=O) groups is 1. The third-order valence-electron chi connectivity index (χ3n) is 9.38. The summed E-state index contributed by atoms with van der Waals surface area (Å²) in [6.45, 7) is 8.50. The Balaban J connectivity index is 1.30. The van der Waals surface area contributed by atoms with Crippen LogP contribution in [-0.2, 0) is 47.4 Å². The molecule has 3 aromatic carbocycles. The average Bonchev–Trinajstić information content (AvgIpc) is 3.56. The van der Waals surface area contributed by atoms with Crippen molar-refractivity contribution >= 4 is 27.6 Å². The van der Waals surface area contributed by atoms with Gasteiger partial charge in [-0.15, -0.1) is 0 Å². The van der Waals surface area contributed by atoms with E-state index in [9.17, 15) is 4.79 Å². The monoisotopic (exact) mass is 636 g/mol. The largest absolute Gasteiger partial charge is 0.493 e. The first kappa shape index (κ1) is 31.4. The Bertz CT molecular complexity index is 1860. The summed E-state index contributed by atoms with van der Waals surface area (Å²) < 4.78 is 28.1. The van der Waals surface area contributed by atoms with Crippen LogP contribution in [0.4, 0.5) is 0 Å². The number of benzene rings is 3. The predicted octanol–water partition coefficient (Wildman–Crippen LogP) is 6.53. The molecule has 0 unspecified atom stereocenters. The summed E-state index contributed by atoms with van der Waals surface area (Å²) in [4.78, 5) is 16.2. The number of fused-ring (bicyclic) bond motifs is 3. The van der Waals surface area contributed by atoms with E-state index in [0.29, 0.717) is 45.1 Å². The van der Waals surface area contributed by atoms with E-state index in [1.165, 1.54) is 0 Å². The number of aromatic nitrogens is 3. The summed E-state index contributed by atoms with van der Waals surface area (Å²) in [5.41, 5.74) is 7.01. The van der Waals surface area contributed by atoms with Crippen molar-refractivity contribution in [3.05, 3.63) is 83.3 Å². The summed E-state index contributed by atoms with van der Waals surface area (Å²) >= 11 is 0. The topological polar surface area (TPSA) is 80.0 Å². The molecular weight excluding hydrogens is 592 g/mol. The van der Waals surface area contributed by atoms with Gasteiger partial charge in [0, 0.05) is 61.7 Å². The Hall–Kier alpha value is -4.18. The van der Waals surface area contributed by atoms with E-state index < -0.39 is 0 Å². The Labute approximate surface area is 276 Å². The number of rotatable bonds is 9. The maximum absolute atomic E-state index is 13.8. The van der Waals surface area contributed by atoms with Crippen LogP contribution in [0.5, 0.6) is 5.75 Å². The smallest absolute Gasteiger partial charge is 0.355 e. The number of hydrogen-bond donors (Lipinski definition) is 0. The molecule has 0 saturated carbocycles. The second kappa shape index (κ2) is 14.3. The molecule has 0 spiro atoms. The first-order chi connectivity index (χ1) is 23.1. The third-order valence-corrected chi connectivity index (χ3v) is 9.38. The van der Waals surface area contributed by atoms with Gasteiger partial charge in [-0.3, -0.25) is 9.58 Å². The van der Waals surface area contributed by atoms with Gasteiger partial charge in [0.05, 0.1) is 49.9 Å². The Morgan fingerprint density at radius 2 is 1.72 bits per heavy atom. The summed E-state index contributed by atoms with van der Waals surface area (Å²) in [6, 6.07) is 20.9. The Morgan fingerprint density at radius 3 is 2.60 bits per heavy atom. The summed E-state index contributed by atoms with van der Waals surface area (Å²) in [5.74, 6) is 0.609. The Kier molecular flexibility index (Phi) is 9.56. The molecule has 5 aromatic rings. The highest BCUT2D eigenvalue weighted by atomic mass is 16.5. The van der Waals surface area contributed by atoms with Gasteiger partial charge in [0.15, 0.2) is 0 Å². The number of para-hydroxylation sites is 1. The molecule has 0 atom stereocenters. The zero-order valence-electron chi connectivity index (χ0n) is 27.5. The van der Waals surface area contributed by atoms with Crippen molar-refractivity contribution in [2.45, 2.75) is 52.3 Å². The number of aryl methyl sites for hydroxylation is 3. The zero-order valence-corrected chi connectivity index (χ0v) is 27.5. The average molecular weight is 637 g/mol. The molecule has 47 heavy (non-hydrogen) atoms. The van der Waals surface area contributed by atoms with E-state index in [4.69, 9.17) is 24.0 Å². The van der Waals surface area contributed by atoms with Crippen LogP contribution in [0.2, 0.25) is 0 Å². The van der Waals surface area contributed by atoms with E-state index in [2.05, 4.69) is 45.9 Å². The van der Waals surface area contributed by atoms with Gasteiger partial charge in [0.2, 0.25) is 0 Å². The van der Waals surface area contributed by atoms with Gasteiger partial charge in [-0.1, -0.05) is 54.6 Å². The highest BCUT2D eigenvalue weighted by Crippen LogP contribution is 2.39. The number of morpholine rings is 1. The lowest BCUT2D eigenvalue weighted by atomic mass is 9.97. The van der Waals surface area contributed by atoms with Crippen LogP contribution < -0.4 is 4.74 Å². The van der Waals surface area contributed by atoms with Crippen LogP contribution in [0, 0.1) is 0 Å². The number of esters is 1. The van der Waals surface area contributed by atoms with Gasteiger partial charge in [0.1, 0.15) is 11.4 Å². The van der Waals surface area contributed by atoms with Gasteiger partial charge < -0.3 is 23.5 Å². The van der Waals surface area contributed by atoms with Gasteiger partial charge in [-0.25, -0.2) is 4.79 Å². The van der Waals surface area contributed by atoms with Crippen molar-refractivity contribution < 1.29 is 23.7 Å². The first-order valence-electron chi connectivity index (χ1n) is 17.0. The first-order valence-corrected chi connectivity index (χ1v) is 17.0. The van der Waals surface area contributed by atoms with E-state index in [1.54, 1.807) is 0 Å². The molecule has 0 aliphatic carbocycles. The molecule has 2 aromatic heterocycles. The van der Waals surface area contributed by atoms with Gasteiger partial charge in [0.25, 0.3) is 0 Å². The molecule has 2 aliphatic heterocycles. The SMILES string of the molecule is CCOC(=O)c1c(CCCOc2cccc3ccccc23)c2cccc3c2n1CCCCOCc1c-3c(CN2CCOCC2)nn1C. The lowest BCUT2D eigenvalue weighted by molar-refractivity contribution is 0.0336. The molecule has 4 heterocycles. The van der Waals surface area contributed by atoms with E-state index in [-0.39, 0.29) is 5.97 Å². The maximum Gasteiger partial charge on any atom is 0.355 e. The highest BCUT2D eigenvalue weighted by molar-refractivity contribution is 6.05. The van der Waals surface area contributed by atoms with Crippen molar-refractivity contribution in [1.29, 1.82) is 0 Å². The van der Waals surface area contributed by atoms with Crippen LogP contribution in [0.3, 0.4) is 0 Å². The predicted molar refractivity (Wildman–Crippen MR) is 183 cm³/mol. The molecule has 9 nitrogen and oxygen atoms in total. The van der Waals surface area contributed by atoms with Crippen LogP contribution in [-0.4, -0.2) is 71.3 Å². The standard InChI is InChI=1S/C38H44N4O5/c1-3-46-38(43)37-30(16-10-22-47-34-17-8-12-27-11-4-5-13-28(27)34)29-14-9-15-31-35-32(25-41-19-23-44-24-20-41)39-40(2)33(35)26-45-21-7-6-18-42(37)36(29)31/h4-5,8-9,11-15,17H,3,6-7,10,16,18-26H2,1-2H3. The van der Waals surface area contributed by atoms with Gasteiger partial charge in [-0.2, -0.15) is 5.10 Å². The van der Waals surface area contributed by atoms with E-state index >= 15 is 0 Å². The molecular formula is C38H44N4O5. The zero-order chi connectivity index (χ0) is 32.2. The van der Waals surface area contributed by atoms with Crippen molar-refractivity contribution in [2.75, 3.05) is 46.1 Å². The molecule has 2 aliphatic rings. The summed E-state index contributed by atoms with van der Waals surface area (Å²) in [5, 5.41) is 8.41. The molecule has 246 valence electrons. The van der Waals surface area contributed by atoms with Crippen LogP contribution in [0.15, 0.2) is 60.7 Å². The fourth-order valence-electron chi connectivity index (χ4n) is 7.16. The number of hydrogen-bond acceptors (Lipinski definition) is 7. The fraction of sp³-hybridized carbons (Fsp3) is 0.421. The number of nitrogens with zero attached hydrogens (tertiary/aromatic N) is 4. The van der Waals surface area contributed by atoms with Crippen LogP contribution in [0.25, 0.3) is 32.8 Å². The van der Waals surface area contributed by atoms with Gasteiger partial charge in [-0.05, 0) is 49.6 Å². The van der Waals surface area contributed by atoms with Crippen molar-refractivity contribution in [3.8, 4) is 16.9 Å². The minimum absolute atomic E-state index is 0.273. The third kappa shape index (κ3) is 6.40. The fourth-order valence-corrected chi connectivity index (χ4v) is 7.16. The lowest BCUT2D eigenvalue weighted by Crippen LogP contribution is -2.35. The quantitative estimate of drug-likeness (QED) is 0.135. The molecule has 0 bridgehead atoms. The van der Waals surface area contributed by atoms with E-state index in [0.717, 1.165) is 108 Å². The van der Waals surface area contributed by atoms with Crippen molar-refractivity contribution in [1.82, 2.24) is 19.2 Å². The molecule has 7 rings (SSSR count). The minimum atomic E-state index is -0.273. The van der Waals surface area contributed by atoms with Crippen molar-refractivity contribution in [3.63, 3.8) is 0 Å². The molecule has 1 saturated heterocycles. The molecule has 0 amide bonds. The normalized spacial score (nSPS) is 15.8. The molecule has 0 N–H and O–H groups in total.